The summed E-state index contributed by atoms with van der Waals surface area (Å²) in [6, 6.07) is 4.51. The van der Waals surface area contributed by atoms with Crippen LogP contribution >= 0.6 is 0 Å². The molecular weight excluding hydrogens is 518 g/mol. The lowest BCUT2D eigenvalue weighted by atomic mass is 9.89. The van der Waals surface area contributed by atoms with Crippen molar-refractivity contribution in [3.05, 3.63) is 34.7 Å². The molecule has 212 valence electrons. The number of hydrogen-bond donors (Lipinski definition) is 2. The van der Waals surface area contributed by atoms with Crippen molar-refractivity contribution in [2.24, 2.45) is 4.99 Å². The van der Waals surface area contributed by atoms with E-state index in [1.165, 1.54) is 47.9 Å². The number of nitrogens with one attached hydrogen (secondary N) is 2. The van der Waals surface area contributed by atoms with Crippen LogP contribution in [0.4, 0.5) is 10.5 Å². The number of imide groups is 1. The smallest absolute Gasteiger partial charge is 0.328 e. The predicted octanol–water partition coefficient (Wildman–Crippen LogP) is 3.86. The number of amidine groups is 1. The minimum atomic E-state index is -3.70. The van der Waals surface area contributed by atoms with Crippen LogP contribution in [0.5, 0.6) is 0 Å². The summed E-state index contributed by atoms with van der Waals surface area (Å²) in [4.78, 5) is 42.5. The van der Waals surface area contributed by atoms with Gasteiger partial charge in [0, 0.05) is 24.9 Å². The fourth-order valence-electron chi connectivity index (χ4n) is 5.32. The molecule has 3 heterocycles. The number of aryl methyl sites for hydroxylation is 1. The molecule has 3 aliphatic heterocycles. The number of carbonyl (C=O) groups excluding carboxylic acids is 3. The van der Waals surface area contributed by atoms with Crippen LogP contribution in [0.25, 0.3) is 6.08 Å². The number of piperidine rings is 1. The number of urea groups is 1. The fourth-order valence-corrected chi connectivity index (χ4v) is 6.50. The molecule has 0 saturated carbocycles. The molecular formula is C28H39N5O5S. The molecule has 4 amide bonds. The van der Waals surface area contributed by atoms with E-state index in [0.717, 1.165) is 35.6 Å². The zero-order chi connectivity index (χ0) is 28.0. The van der Waals surface area contributed by atoms with Gasteiger partial charge in [-0.1, -0.05) is 51.5 Å². The Kier molecular flexibility index (Phi) is 9.22. The Morgan fingerprint density at radius 1 is 1.03 bits per heavy atom. The summed E-state index contributed by atoms with van der Waals surface area (Å²) in [5, 5.41) is 6.59. The summed E-state index contributed by atoms with van der Waals surface area (Å²) in [6.45, 7) is 4.40. The molecule has 1 aromatic carbocycles. The SMILES string of the molecule is CCCCCCCCCC1=NC2(CCN(S(=O)(=O)C=Cc3ccc(N4C(=O)CNC4=O)cc3C)CC2)C(=O)N1. The molecule has 39 heavy (non-hydrogen) atoms. The Balaban J connectivity index is 1.31. The van der Waals surface area contributed by atoms with Gasteiger partial charge in [0.1, 0.15) is 11.4 Å². The van der Waals surface area contributed by atoms with Crippen molar-refractivity contribution >= 4 is 45.5 Å². The molecule has 2 saturated heterocycles. The maximum absolute atomic E-state index is 13.0. The van der Waals surface area contributed by atoms with E-state index in [1.807, 2.05) is 0 Å². The molecule has 1 aromatic rings. The van der Waals surface area contributed by atoms with E-state index in [-0.39, 0.29) is 31.4 Å². The number of nitrogens with zero attached hydrogens (tertiary/aromatic N) is 3. The molecule has 0 bridgehead atoms. The summed E-state index contributed by atoms with van der Waals surface area (Å²) < 4.78 is 27.5. The molecule has 0 atom stereocenters. The van der Waals surface area contributed by atoms with Crippen LogP contribution in [0.15, 0.2) is 28.6 Å². The Morgan fingerprint density at radius 3 is 2.36 bits per heavy atom. The third kappa shape index (κ3) is 6.75. The van der Waals surface area contributed by atoms with Gasteiger partial charge < -0.3 is 10.6 Å². The minimum Gasteiger partial charge on any atom is -0.328 e. The maximum atomic E-state index is 13.0. The Bertz CT molecular complexity index is 1250. The first kappa shape index (κ1) is 28.9. The van der Waals surface area contributed by atoms with Crippen LogP contribution < -0.4 is 15.5 Å². The summed E-state index contributed by atoms with van der Waals surface area (Å²) in [6.07, 6.45) is 11.3. The second-order valence-corrected chi connectivity index (χ2v) is 12.4. The van der Waals surface area contributed by atoms with Crippen molar-refractivity contribution in [2.75, 3.05) is 24.5 Å². The molecule has 1 spiro atoms. The summed E-state index contributed by atoms with van der Waals surface area (Å²) in [5.41, 5.74) is 0.973. The highest BCUT2D eigenvalue weighted by molar-refractivity contribution is 7.92. The molecule has 3 aliphatic rings. The Hall–Kier alpha value is -3.05. The highest BCUT2D eigenvalue weighted by Gasteiger charge is 2.46. The van der Waals surface area contributed by atoms with Crippen molar-refractivity contribution < 1.29 is 22.8 Å². The molecule has 0 aromatic heterocycles. The number of sulfonamides is 1. The van der Waals surface area contributed by atoms with Crippen LogP contribution in [0.2, 0.25) is 0 Å². The van der Waals surface area contributed by atoms with E-state index < -0.39 is 21.6 Å². The minimum absolute atomic E-state index is 0.0393. The fraction of sp³-hybridized carbons (Fsp3) is 0.571. The van der Waals surface area contributed by atoms with Crippen molar-refractivity contribution in [1.82, 2.24) is 14.9 Å². The van der Waals surface area contributed by atoms with Crippen molar-refractivity contribution in [3.8, 4) is 0 Å². The van der Waals surface area contributed by atoms with Gasteiger partial charge in [-0.25, -0.2) is 18.1 Å². The standard InChI is InChI=1S/C28H39N5O5S/c1-3-4-5-6-7-8-9-10-24-30-26(35)28(31-24)14-16-32(17-15-28)39(37,38)18-13-22-11-12-23(19-21(22)2)33-25(34)20-29-27(33)36/h11-13,18-19H,3-10,14-17,20H2,1-2H3,(H,29,36)(H,30,31,35). The molecule has 11 heteroatoms. The molecule has 4 rings (SSSR count). The number of benzene rings is 1. The first-order valence-electron chi connectivity index (χ1n) is 13.9. The number of carbonyl (C=O) groups is 3. The van der Waals surface area contributed by atoms with Crippen LogP contribution in [0.3, 0.4) is 0 Å². The van der Waals surface area contributed by atoms with Crippen LogP contribution in [-0.4, -0.2) is 61.6 Å². The van der Waals surface area contributed by atoms with Gasteiger partial charge in [-0.3, -0.25) is 14.6 Å². The summed E-state index contributed by atoms with van der Waals surface area (Å²) in [7, 11) is -3.70. The number of hydrogen-bond acceptors (Lipinski definition) is 6. The predicted molar refractivity (Wildman–Crippen MR) is 152 cm³/mol. The van der Waals surface area contributed by atoms with E-state index in [4.69, 9.17) is 4.99 Å². The molecule has 2 N–H and O–H groups in total. The molecule has 2 fully saturated rings. The number of rotatable bonds is 12. The third-order valence-electron chi connectivity index (χ3n) is 7.73. The molecule has 0 unspecified atom stereocenters. The Labute approximate surface area is 231 Å². The lowest BCUT2D eigenvalue weighted by Gasteiger charge is -2.34. The number of unbranched alkanes of at least 4 members (excludes halogenated alkanes) is 6. The van der Waals surface area contributed by atoms with Crippen molar-refractivity contribution in [1.29, 1.82) is 0 Å². The van der Waals surface area contributed by atoms with Crippen LogP contribution in [-0.2, 0) is 19.6 Å². The average molecular weight is 558 g/mol. The molecule has 0 radical (unpaired) electrons. The van der Waals surface area contributed by atoms with Crippen molar-refractivity contribution in [3.63, 3.8) is 0 Å². The normalized spacial score (nSPS) is 19.7. The second-order valence-electron chi connectivity index (χ2n) is 10.6. The lowest BCUT2D eigenvalue weighted by molar-refractivity contribution is -0.125. The highest BCUT2D eigenvalue weighted by Crippen LogP contribution is 2.32. The van der Waals surface area contributed by atoms with Gasteiger partial charge in [0.25, 0.3) is 11.8 Å². The summed E-state index contributed by atoms with van der Waals surface area (Å²) >= 11 is 0. The second kappa shape index (κ2) is 12.4. The largest absolute Gasteiger partial charge is 0.329 e. The Morgan fingerprint density at radius 2 is 1.72 bits per heavy atom. The highest BCUT2D eigenvalue weighted by atomic mass is 32.2. The van der Waals surface area contributed by atoms with E-state index in [2.05, 4.69) is 17.6 Å². The van der Waals surface area contributed by atoms with Crippen LogP contribution in [0, 0.1) is 6.92 Å². The van der Waals surface area contributed by atoms with Gasteiger partial charge in [-0.05, 0) is 55.5 Å². The van der Waals surface area contributed by atoms with Gasteiger partial charge in [0.15, 0.2) is 0 Å². The zero-order valence-corrected chi connectivity index (χ0v) is 23.7. The van der Waals surface area contributed by atoms with Gasteiger partial charge in [0.05, 0.1) is 12.2 Å². The monoisotopic (exact) mass is 557 g/mol. The number of amides is 4. The summed E-state index contributed by atoms with van der Waals surface area (Å²) in [5.74, 6) is 0.282. The maximum Gasteiger partial charge on any atom is 0.329 e. The topological polar surface area (TPSA) is 128 Å². The van der Waals surface area contributed by atoms with E-state index >= 15 is 0 Å². The van der Waals surface area contributed by atoms with E-state index in [1.54, 1.807) is 25.1 Å². The van der Waals surface area contributed by atoms with Gasteiger partial charge in [-0.15, -0.1) is 0 Å². The first-order valence-corrected chi connectivity index (χ1v) is 15.5. The van der Waals surface area contributed by atoms with E-state index in [0.29, 0.717) is 24.1 Å². The molecule has 10 nitrogen and oxygen atoms in total. The van der Waals surface area contributed by atoms with Crippen LogP contribution in [0.1, 0.15) is 82.3 Å². The zero-order valence-electron chi connectivity index (χ0n) is 22.9. The van der Waals surface area contributed by atoms with Gasteiger partial charge in [0.2, 0.25) is 10.0 Å². The average Bonchev–Trinajstić information content (AvgIpc) is 3.40. The number of anilines is 1. The van der Waals surface area contributed by atoms with Gasteiger partial charge in [-0.2, -0.15) is 4.31 Å². The van der Waals surface area contributed by atoms with Gasteiger partial charge >= 0.3 is 6.03 Å². The lowest BCUT2D eigenvalue weighted by Crippen LogP contribution is -2.50. The number of aliphatic imine (C=N–C) groups is 1. The quantitative estimate of drug-likeness (QED) is 0.298. The van der Waals surface area contributed by atoms with E-state index in [9.17, 15) is 22.8 Å². The van der Waals surface area contributed by atoms with Crippen molar-refractivity contribution in [2.45, 2.75) is 83.6 Å². The first-order chi connectivity index (χ1) is 18.6. The molecule has 0 aliphatic carbocycles. The third-order valence-corrected chi connectivity index (χ3v) is 9.30.